The summed E-state index contributed by atoms with van der Waals surface area (Å²) < 4.78 is 12.9. The minimum Gasteiger partial charge on any atom is -0.497 e. The van der Waals surface area contributed by atoms with Crippen LogP contribution in [0.5, 0.6) is 5.75 Å². The van der Waals surface area contributed by atoms with Gasteiger partial charge in [0.05, 0.1) is 12.7 Å². The second kappa shape index (κ2) is 7.42. The molecule has 1 N–H and O–H groups in total. The number of rotatable bonds is 4. The SMILES string of the molecule is COc1ccc(C2C(C(=O)OC3CCCCC3)=C(C)Nc3ncnn32)cc1. The molecule has 0 radical (unpaired) electrons. The Morgan fingerprint density at radius 2 is 1.93 bits per heavy atom. The summed E-state index contributed by atoms with van der Waals surface area (Å²) in [6, 6.07) is 7.27. The van der Waals surface area contributed by atoms with Gasteiger partial charge in [-0.05, 0) is 50.3 Å². The molecular formula is C20H24N4O3. The van der Waals surface area contributed by atoms with E-state index in [1.54, 1.807) is 11.8 Å². The predicted octanol–water partition coefficient (Wildman–Crippen LogP) is 3.45. The molecule has 2 heterocycles. The molecule has 1 saturated carbocycles. The number of hydrogen-bond donors (Lipinski definition) is 1. The summed E-state index contributed by atoms with van der Waals surface area (Å²) in [5.41, 5.74) is 2.25. The highest BCUT2D eigenvalue weighted by Gasteiger charge is 2.35. The number of nitrogens with zero attached hydrogens (tertiary/aromatic N) is 3. The molecule has 1 fully saturated rings. The Labute approximate surface area is 158 Å². The molecule has 2 aromatic rings. The number of fused-ring (bicyclic) bond motifs is 1. The van der Waals surface area contributed by atoms with Crippen molar-refractivity contribution in [3.8, 4) is 5.75 Å². The molecule has 1 aliphatic heterocycles. The molecule has 1 aromatic carbocycles. The second-order valence-electron chi connectivity index (χ2n) is 7.03. The minimum atomic E-state index is -0.384. The minimum absolute atomic E-state index is 0.000195. The molecule has 142 valence electrons. The van der Waals surface area contributed by atoms with Crippen LogP contribution in [0.4, 0.5) is 5.95 Å². The monoisotopic (exact) mass is 368 g/mol. The normalized spacial score (nSPS) is 20.0. The van der Waals surface area contributed by atoms with E-state index < -0.39 is 0 Å². The van der Waals surface area contributed by atoms with Gasteiger partial charge in [0.1, 0.15) is 24.2 Å². The van der Waals surface area contributed by atoms with Crippen molar-refractivity contribution in [2.45, 2.75) is 51.2 Å². The van der Waals surface area contributed by atoms with Crippen molar-refractivity contribution in [3.63, 3.8) is 0 Å². The van der Waals surface area contributed by atoms with Gasteiger partial charge in [0, 0.05) is 5.70 Å². The maximum absolute atomic E-state index is 13.1. The molecule has 0 spiro atoms. The van der Waals surface area contributed by atoms with Crippen LogP contribution in [-0.2, 0) is 9.53 Å². The molecule has 2 aliphatic rings. The van der Waals surface area contributed by atoms with Gasteiger partial charge >= 0.3 is 5.97 Å². The number of benzene rings is 1. The number of anilines is 1. The lowest BCUT2D eigenvalue weighted by atomic mass is 9.95. The van der Waals surface area contributed by atoms with Gasteiger partial charge in [-0.3, -0.25) is 0 Å². The highest BCUT2D eigenvalue weighted by Crippen LogP contribution is 2.36. The Morgan fingerprint density at radius 1 is 1.19 bits per heavy atom. The topological polar surface area (TPSA) is 78.3 Å². The smallest absolute Gasteiger partial charge is 0.338 e. The first kappa shape index (κ1) is 17.6. The zero-order valence-electron chi connectivity index (χ0n) is 15.6. The van der Waals surface area contributed by atoms with Gasteiger partial charge in [-0.2, -0.15) is 10.1 Å². The molecule has 7 nitrogen and oxygen atoms in total. The molecule has 0 amide bonds. The zero-order chi connectivity index (χ0) is 18.8. The lowest BCUT2D eigenvalue weighted by Gasteiger charge is -2.30. The highest BCUT2D eigenvalue weighted by atomic mass is 16.5. The summed E-state index contributed by atoms with van der Waals surface area (Å²) in [6.07, 6.45) is 6.81. The summed E-state index contributed by atoms with van der Waals surface area (Å²) in [4.78, 5) is 17.4. The Balaban J connectivity index is 1.68. The Hall–Kier alpha value is -2.83. The Bertz CT molecular complexity index is 850. The van der Waals surface area contributed by atoms with Gasteiger partial charge in [-0.25, -0.2) is 9.48 Å². The fourth-order valence-corrected chi connectivity index (χ4v) is 3.85. The van der Waals surface area contributed by atoms with E-state index in [1.807, 2.05) is 31.2 Å². The van der Waals surface area contributed by atoms with Crippen LogP contribution in [0.15, 0.2) is 41.9 Å². The van der Waals surface area contributed by atoms with E-state index in [4.69, 9.17) is 9.47 Å². The van der Waals surface area contributed by atoms with Crippen LogP contribution in [0.2, 0.25) is 0 Å². The third-order valence-electron chi connectivity index (χ3n) is 5.27. The van der Waals surface area contributed by atoms with E-state index in [-0.39, 0.29) is 18.1 Å². The van der Waals surface area contributed by atoms with Gasteiger partial charge in [0.2, 0.25) is 5.95 Å². The van der Waals surface area contributed by atoms with Crippen molar-refractivity contribution >= 4 is 11.9 Å². The molecule has 0 bridgehead atoms. The number of aromatic nitrogens is 3. The number of carbonyl (C=O) groups excluding carboxylic acids is 1. The number of methoxy groups -OCH3 is 1. The molecule has 1 atom stereocenters. The summed E-state index contributed by atoms with van der Waals surface area (Å²) in [7, 11) is 1.63. The van der Waals surface area contributed by atoms with Gasteiger partial charge in [0.15, 0.2) is 0 Å². The van der Waals surface area contributed by atoms with Crippen LogP contribution < -0.4 is 10.1 Å². The van der Waals surface area contributed by atoms with E-state index in [2.05, 4.69) is 15.4 Å². The number of nitrogens with one attached hydrogen (secondary N) is 1. The van der Waals surface area contributed by atoms with E-state index in [0.717, 1.165) is 42.7 Å². The zero-order valence-corrected chi connectivity index (χ0v) is 15.6. The van der Waals surface area contributed by atoms with Crippen molar-refractivity contribution in [2.75, 3.05) is 12.4 Å². The van der Waals surface area contributed by atoms with Crippen LogP contribution in [0.25, 0.3) is 0 Å². The maximum atomic E-state index is 13.1. The molecular weight excluding hydrogens is 344 g/mol. The average Bonchev–Trinajstić information content (AvgIpc) is 3.15. The van der Waals surface area contributed by atoms with Gasteiger partial charge in [-0.1, -0.05) is 18.6 Å². The number of hydrogen-bond acceptors (Lipinski definition) is 6. The predicted molar refractivity (Wildman–Crippen MR) is 100 cm³/mol. The third kappa shape index (κ3) is 3.41. The van der Waals surface area contributed by atoms with Crippen LogP contribution >= 0.6 is 0 Å². The van der Waals surface area contributed by atoms with Crippen LogP contribution in [0.1, 0.15) is 50.6 Å². The Morgan fingerprint density at radius 3 is 2.63 bits per heavy atom. The summed E-state index contributed by atoms with van der Waals surface area (Å²) in [5, 5.41) is 7.51. The largest absolute Gasteiger partial charge is 0.497 e. The van der Waals surface area contributed by atoms with Crippen molar-refractivity contribution in [3.05, 3.63) is 47.4 Å². The maximum Gasteiger partial charge on any atom is 0.338 e. The first-order valence-electron chi connectivity index (χ1n) is 9.39. The van der Waals surface area contributed by atoms with Crippen LogP contribution in [0, 0.1) is 0 Å². The fourth-order valence-electron chi connectivity index (χ4n) is 3.85. The van der Waals surface area contributed by atoms with Crippen LogP contribution in [-0.4, -0.2) is 33.9 Å². The quantitative estimate of drug-likeness (QED) is 0.833. The standard InChI is InChI=1S/C20H24N4O3/c1-13-17(19(25)27-16-6-4-3-5-7-16)18(24-20(23-13)21-12-22-24)14-8-10-15(26-2)11-9-14/h8-12,16,18H,3-7H2,1-2H3,(H,21,22,23). The highest BCUT2D eigenvalue weighted by molar-refractivity contribution is 5.92. The number of esters is 1. The molecule has 7 heteroatoms. The van der Waals surface area contributed by atoms with Crippen molar-refractivity contribution in [2.24, 2.45) is 0 Å². The Kier molecular flexibility index (Phi) is 4.83. The van der Waals surface area contributed by atoms with E-state index in [9.17, 15) is 4.79 Å². The van der Waals surface area contributed by atoms with Crippen molar-refractivity contribution in [1.29, 1.82) is 0 Å². The molecule has 27 heavy (non-hydrogen) atoms. The summed E-state index contributed by atoms with van der Waals surface area (Å²) in [6.45, 7) is 1.88. The third-order valence-corrected chi connectivity index (χ3v) is 5.27. The van der Waals surface area contributed by atoms with E-state index >= 15 is 0 Å². The first-order chi connectivity index (χ1) is 13.2. The molecule has 1 aliphatic carbocycles. The molecule has 0 saturated heterocycles. The second-order valence-corrected chi connectivity index (χ2v) is 7.03. The number of allylic oxidation sites excluding steroid dienone is 1. The lowest BCUT2D eigenvalue weighted by molar-refractivity contribution is -0.146. The van der Waals surface area contributed by atoms with Crippen molar-refractivity contribution in [1.82, 2.24) is 14.8 Å². The first-order valence-corrected chi connectivity index (χ1v) is 9.39. The molecule has 4 rings (SSSR count). The summed E-state index contributed by atoms with van der Waals surface area (Å²) in [5.74, 6) is 1.09. The van der Waals surface area contributed by atoms with Crippen LogP contribution in [0.3, 0.4) is 0 Å². The van der Waals surface area contributed by atoms with E-state index in [0.29, 0.717) is 11.5 Å². The lowest BCUT2D eigenvalue weighted by Crippen LogP contribution is -2.32. The van der Waals surface area contributed by atoms with Crippen molar-refractivity contribution < 1.29 is 14.3 Å². The average molecular weight is 368 g/mol. The van der Waals surface area contributed by atoms with Gasteiger partial charge < -0.3 is 14.8 Å². The summed E-state index contributed by atoms with van der Waals surface area (Å²) >= 11 is 0. The fraction of sp³-hybridized carbons (Fsp3) is 0.450. The van der Waals surface area contributed by atoms with Gasteiger partial charge in [0.25, 0.3) is 0 Å². The number of ether oxygens (including phenoxy) is 2. The number of carbonyl (C=O) groups is 1. The molecule has 1 aromatic heterocycles. The van der Waals surface area contributed by atoms with E-state index in [1.165, 1.54) is 12.7 Å². The van der Waals surface area contributed by atoms with Gasteiger partial charge in [-0.15, -0.1) is 0 Å². The molecule has 1 unspecified atom stereocenters.